The number of hydrogen-bond acceptors (Lipinski definition) is 6. The molecule has 0 aromatic rings. The van der Waals surface area contributed by atoms with Crippen LogP contribution in [0.4, 0.5) is 0 Å². The van der Waals surface area contributed by atoms with Gasteiger partial charge in [0, 0.05) is 32.3 Å². The molecule has 0 aliphatic heterocycles. The summed E-state index contributed by atoms with van der Waals surface area (Å²) in [7, 11) is 0. The van der Waals surface area contributed by atoms with E-state index in [1.165, 1.54) is 38.2 Å². The lowest BCUT2D eigenvalue weighted by Gasteiger charge is -2.27. The highest BCUT2D eigenvalue weighted by atomic mass is 16.6. The average molecular weight is 433 g/mol. The standard InChI is InChI=1S/C24H32O7/c1-4-5-6-7-8-9-16-24(31-19(3)26)17-15-22(27)21(24)12-10-11-20(30-18(2)25)13-14-23(28)29/h8-12,15,17,20H,4-7,13-14,16H2,1-3H3,(H,28,29)/b9-8-,11-10+,21-12?/t20-,24-/m0/s1. The average Bonchev–Trinajstić information content (AvgIpc) is 2.97. The summed E-state index contributed by atoms with van der Waals surface area (Å²) in [5.74, 6) is -2.32. The maximum absolute atomic E-state index is 12.4. The monoisotopic (exact) mass is 432 g/mol. The third kappa shape index (κ3) is 9.59. The highest BCUT2D eigenvalue weighted by molar-refractivity contribution is 6.09. The van der Waals surface area contributed by atoms with Gasteiger partial charge in [-0.2, -0.15) is 0 Å². The molecule has 7 heteroatoms. The van der Waals surface area contributed by atoms with Crippen molar-refractivity contribution in [2.24, 2.45) is 0 Å². The molecular formula is C24H32O7. The Morgan fingerprint density at radius 3 is 2.52 bits per heavy atom. The molecule has 1 rings (SSSR count). The van der Waals surface area contributed by atoms with Gasteiger partial charge >= 0.3 is 17.9 Å². The van der Waals surface area contributed by atoms with Crippen LogP contribution in [-0.2, 0) is 28.7 Å². The normalized spacial score (nSPS) is 20.6. The van der Waals surface area contributed by atoms with Crippen LogP contribution in [0.15, 0.2) is 48.1 Å². The van der Waals surface area contributed by atoms with Crippen molar-refractivity contribution in [3.05, 3.63) is 48.1 Å². The Morgan fingerprint density at radius 2 is 1.90 bits per heavy atom. The van der Waals surface area contributed by atoms with Crippen LogP contribution in [-0.4, -0.2) is 40.5 Å². The number of carbonyl (C=O) groups excluding carboxylic acids is 3. The molecule has 0 amide bonds. The van der Waals surface area contributed by atoms with Crippen LogP contribution >= 0.6 is 0 Å². The van der Waals surface area contributed by atoms with Gasteiger partial charge in [0.2, 0.25) is 0 Å². The first-order chi connectivity index (χ1) is 14.7. The SMILES string of the molecule is CCCCC/C=C\C[C@]1(OC(C)=O)C=CC(=O)C1=C/C=C/[C@@H](CCC(=O)O)OC(C)=O. The highest BCUT2D eigenvalue weighted by Crippen LogP contribution is 2.34. The third-order valence-corrected chi connectivity index (χ3v) is 4.66. The molecule has 7 nitrogen and oxygen atoms in total. The van der Waals surface area contributed by atoms with Crippen LogP contribution in [0.2, 0.25) is 0 Å². The number of ketones is 1. The van der Waals surface area contributed by atoms with Crippen LogP contribution in [0.3, 0.4) is 0 Å². The molecule has 0 saturated heterocycles. The number of rotatable bonds is 13. The second kappa shape index (κ2) is 13.4. The molecule has 0 bridgehead atoms. The van der Waals surface area contributed by atoms with Crippen molar-refractivity contribution in [1.29, 1.82) is 0 Å². The number of allylic oxidation sites excluding steroid dienone is 4. The fraction of sp³-hybridized carbons (Fsp3) is 0.500. The predicted molar refractivity (Wildman–Crippen MR) is 116 cm³/mol. The summed E-state index contributed by atoms with van der Waals surface area (Å²) in [5.41, 5.74) is -0.899. The van der Waals surface area contributed by atoms with E-state index in [4.69, 9.17) is 14.6 Å². The Balaban J connectivity index is 3.03. The Kier molecular flexibility index (Phi) is 11.2. The molecule has 0 radical (unpaired) electrons. The van der Waals surface area contributed by atoms with Crippen LogP contribution < -0.4 is 0 Å². The molecule has 0 saturated carbocycles. The molecular weight excluding hydrogens is 400 g/mol. The molecule has 0 aromatic heterocycles. The summed E-state index contributed by atoms with van der Waals surface area (Å²) < 4.78 is 10.7. The maximum Gasteiger partial charge on any atom is 0.303 e. The van der Waals surface area contributed by atoms with Crippen molar-refractivity contribution in [3.8, 4) is 0 Å². The van der Waals surface area contributed by atoms with E-state index < -0.39 is 29.6 Å². The Hall–Kier alpha value is -2.96. The number of ether oxygens (including phenoxy) is 2. The Morgan fingerprint density at radius 1 is 1.16 bits per heavy atom. The van der Waals surface area contributed by atoms with Gasteiger partial charge in [-0.15, -0.1) is 0 Å². The zero-order valence-electron chi connectivity index (χ0n) is 18.5. The van der Waals surface area contributed by atoms with Gasteiger partial charge in [-0.3, -0.25) is 19.2 Å². The van der Waals surface area contributed by atoms with Crippen LogP contribution in [0.1, 0.15) is 65.7 Å². The molecule has 1 aliphatic rings. The van der Waals surface area contributed by atoms with Gasteiger partial charge < -0.3 is 14.6 Å². The molecule has 0 unspecified atom stereocenters. The van der Waals surface area contributed by atoms with E-state index in [1.54, 1.807) is 6.08 Å². The number of carboxylic acids is 1. The molecule has 170 valence electrons. The minimum atomic E-state index is -1.19. The van der Waals surface area contributed by atoms with Gasteiger partial charge in [0.1, 0.15) is 6.10 Å². The second-order valence-corrected chi connectivity index (χ2v) is 7.40. The lowest BCUT2D eigenvalue weighted by atomic mass is 9.91. The van der Waals surface area contributed by atoms with Gasteiger partial charge in [-0.1, -0.05) is 44.1 Å². The number of aliphatic carboxylic acids is 1. The summed E-state index contributed by atoms with van der Waals surface area (Å²) in [6, 6.07) is 0. The quantitative estimate of drug-likeness (QED) is 0.201. The smallest absolute Gasteiger partial charge is 0.303 e. The van der Waals surface area contributed by atoms with Gasteiger partial charge in [0.25, 0.3) is 0 Å². The van der Waals surface area contributed by atoms with E-state index in [1.807, 2.05) is 12.2 Å². The highest BCUT2D eigenvalue weighted by Gasteiger charge is 2.41. The number of carboxylic acid groups (broad SMARTS) is 1. The van der Waals surface area contributed by atoms with Crippen molar-refractivity contribution in [2.75, 3.05) is 0 Å². The van der Waals surface area contributed by atoms with Crippen LogP contribution in [0.25, 0.3) is 0 Å². The van der Waals surface area contributed by atoms with E-state index in [9.17, 15) is 19.2 Å². The van der Waals surface area contributed by atoms with Crippen molar-refractivity contribution in [1.82, 2.24) is 0 Å². The third-order valence-electron chi connectivity index (χ3n) is 4.66. The second-order valence-electron chi connectivity index (χ2n) is 7.40. The van der Waals surface area contributed by atoms with E-state index >= 15 is 0 Å². The lowest BCUT2D eigenvalue weighted by molar-refractivity contribution is -0.149. The minimum absolute atomic E-state index is 0.108. The topological polar surface area (TPSA) is 107 Å². The summed E-state index contributed by atoms with van der Waals surface area (Å²) >= 11 is 0. The zero-order chi connectivity index (χ0) is 23.3. The van der Waals surface area contributed by atoms with Crippen LogP contribution in [0, 0.1) is 0 Å². The predicted octanol–water partition coefficient (Wildman–Crippen LogP) is 4.23. The molecule has 31 heavy (non-hydrogen) atoms. The Bertz CT molecular complexity index is 773. The first-order valence-corrected chi connectivity index (χ1v) is 10.6. The number of hydrogen-bond donors (Lipinski definition) is 1. The summed E-state index contributed by atoms with van der Waals surface area (Å²) in [5, 5.41) is 8.85. The van der Waals surface area contributed by atoms with E-state index in [0.717, 1.165) is 25.7 Å². The summed E-state index contributed by atoms with van der Waals surface area (Å²) in [6.07, 6.45) is 15.2. The molecule has 1 aliphatic carbocycles. The molecule has 0 fully saturated rings. The van der Waals surface area contributed by atoms with Gasteiger partial charge in [-0.05, 0) is 37.5 Å². The molecule has 1 N–H and O–H groups in total. The Labute approximate surface area is 183 Å². The van der Waals surface area contributed by atoms with Crippen molar-refractivity contribution < 1.29 is 33.8 Å². The van der Waals surface area contributed by atoms with E-state index in [2.05, 4.69) is 6.92 Å². The molecule has 0 aromatic carbocycles. The number of carbonyl (C=O) groups is 4. The number of unbranched alkanes of at least 4 members (excludes halogenated alkanes) is 3. The molecule has 0 spiro atoms. The van der Waals surface area contributed by atoms with Crippen molar-refractivity contribution in [3.63, 3.8) is 0 Å². The fourth-order valence-corrected chi connectivity index (χ4v) is 3.22. The van der Waals surface area contributed by atoms with Crippen molar-refractivity contribution >= 4 is 23.7 Å². The summed E-state index contributed by atoms with van der Waals surface area (Å²) in [4.78, 5) is 46.2. The fourth-order valence-electron chi connectivity index (χ4n) is 3.22. The summed E-state index contributed by atoms with van der Waals surface area (Å²) in [6.45, 7) is 4.66. The van der Waals surface area contributed by atoms with E-state index in [0.29, 0.717) is 6.42 Å². The lowest BCUT2D eigenvalue weighted by Crippen LogP contribution is -2.33. The van der Waals surface area contributed by atoms with Crippen LogP contribution in [0.5, 0.6) is 0 Å². The number of esters is 2. The van der Waals surface area contributed by atoms with Crippen molar-refractivity contribution in [2.45, 2.75) is 77.4 Å². The van der Waals surface area contributed by atoms with Gasteiger partial charge in [0.15, 0.2) is 11.4 Å². The maximum atomic E-state index is 12.4. The first kappa shape index (κ1) is 26.1. The van der Waals surface area contributed by atoms with E-state index in [-0.39, 0.29) is 24.2 Å². The zero-order valence-corrected chi connectivity index (χ0v) is 18.5. The minimum Gasteiger partial charge on any atom is -0.481 e. The van der Waals surface area contributed by atoms with Gasteiger partial charge in [0.05, 0.1) is 0 Å². The van der Waals surface area contributed by atoms with Gasteiger partial charge in [-0.25, -0.2) is 0 Å². The molecule has 0 heterocycles. The largest absolute Gasteiger partial charge is 0.481 e. The molecule has 2 atom stereocenters. The first-order valence-electron chi connectivity index (χ1n) is 10.6.